The van der Waals surface area contributed by atoms with Gasteiger partial charge in [-0.2, -0.15) is 0 Å². The van der Waals surface area contributed by atoms with Crippen molar-refractivity contribution < 1.29 is 9.13 Å². The summed E-state index contributed by atoms with van der Waals surface area (Å²) in [4.78, 5) is 4.15. The largest absolute Gasteiger partial charge is 0.496 e. The lowest BCUT2D eigenvalue weighted by atomic mass is 9.97. The molecule has 0 aliphatic heterocycles. The SMILES string of the molecule is COc1ccc2ccncc2c1-c1cc(C)ccc1F. The Morgan fingerprint density at radius 1 is 1.10 bits per heavy atom. The number of pyridine rings is 1. The molecule has 3 heteroatoms. The topological polar surface area (TPSA) is 22.1 Å². The van der Waals surface area contributed by atoms with Gasteiger partial charge in [-0.25, -0.2) is 4.39 Å². The highest BCUT2D eigenvalue weighted by molar-refractivity contribution is 5.99. The molecule has 0 fully saturated rings. The average Bonchev–Trinajstić information content (AvgIpc) is 2.48. The van der Waals surface area contributed by atoms with Crippen molar-refractivity contribution >= 4 is 10.8 Å². The summed E-state index contributed by atoms with van der Waals surface area (Å²) in [6, 6.07) is 10.8. The van der Waals surface area contributed by atoms with E-state index in [0.29, 0.717) is 11.3 Å². The Labute approximate surface area is 116 Å². The lowest BCUT2D eigenvalue weighted by Gasteiger charge is -2.13. The van der Waals surface area contributed by atoms with E-state index >= 15 is 0 Å². The quantitative estimate of drug-likeness (QED) is 0.688. The molecule has 1 heterocycles. The van der Waals surface area contributed by atoms with Crippen molar-refractivity contribution in [2.75, 3.05) is 7.11 Å². The zero-order valence-electron chi connectivity index (χ0n) is 11.4. The minimum atomic E-state index is -0.259. The highest BCUT2D eigenvalue weighted by Crippen LogP contribution is 2.38. The van der Waals surface area contributed by atoms with Crippen LogP contribution in [-0.2, 0) is 0 Å². The summed E-state index contributed by atoms with van der Waals surface area (Å²) in [5, 5.41) is 1.90. The summed E-state index contributed by atoms with van der Waals surface area (Å²) in [6.07, 6.45) is 3.47. The first-order valence-corrected chi connectivity index (χ1v) is 6.38. The number of ether oxygens (including phenoxy) is 1. The van der Waals surface area contributed by atoms with Gasteiger partial charge >= 0.3 is 0 Å². The molecule has 0 amide bonds. The fourth-order valence-electron chi connectivity index (χ4n) is 2.42. The van der Waals surface area contributed by atoms with Crippen LogP contribution in [0.3, 0.4) is 0 Å². The summed E-state index contributed by atoms with van der Waals surface area (Å²) in [5.74, 6) is 0.389. The molecule has 0 radical (unpaired) electrons. The Hall–Kier alpha value is -2.42. The molecule has 0 atom stereocenters. The number of rotatable bonds is 2. The normalized spacial score (nSPS) is 10.8. The molecule has 0 aliphatic carbocycles. The van der Waals surface area contributed by atoms with Crippen LogP contribution in [0.5, 0.6) is 5.75 Å². The fourth-order valence-corrected chi connectivity index (χ4v) is 2.42. The van der Waals surface area contributed by atoms with Crippen LogP contribution in [0.25, 0.3) is 21.9 Å². The van der Waals surface area contributed by atoms with E-state index in [1.54, 1.807) is 25.6 Å². The lowest BCUT2D eigenvalue weighted by Crippen LogP contribution is -1.93. The van der Waals surface area contributed by atoms with Crippen LogP contribution in [0.4, 0.5) is 4.39 Å². The molecular formula is C17H14FNO. The average molecular weight is 267 g/mol. The molecule has 0 saturated carbocycles. The molecule has 0 aliphatic rings. The van der Waals surface area contributed by atoms with Gasteiger partial charge in [0.1, 0.15) is 11.6 Å². The molecule has 2 aromatic carbocycles. The Kier molecular flexibility index (Phi) is 3.11. The number of halogens is 1. The van der Waals surface area contributed by atoms with E-state index in [4.69, 9.17) is 4.74 Å². The van der Waals surface area contributed by atoms with E-state index in [1.165, 1.54) is 6.07 Å². The molecule has 3 rings (SSSR count). The van der Waals surface area contributed by atoms with Crippen molar-refractivity contribution in [2.45, 2.75) is 6.92 Å². The Morgan fingerprint density at radius 3 is 2.75 bits per heavy atom. The highest BCUT2D eigenvalue weighted by atomic mass is 19.1. The van der Waals surface area contributed by atoms with E-state index in [9.17, 15) is 4.39 Å². The summed E-state index contributed by atoms with van der Waals surface area (Å²) >= 11 is 0. The second-order valence-electron chi connectivity index (χ2n) is 4.72. The number of methoxy groups -OCH3 is 1. The summed E-state index contributed by atoms with van der Waals surface area (Å²) < 4.78 is 19.6. The molecule has 3 aromatic rings. The number of hydrogen-bond acceptors (Lipinski definition) is 2. The van der Waals surface area contributed by atoms with Crippen LogP contribution in [-0.4, -0.2) is 12.1 Å². The summed E-state index contributed by atoms with van der Waals surface area (Å²) in [5.41, 5.74) is 2.30. The fraction of sp³-hybridized carbons (Fsp3) is 0.118. The molecule has 0 bridgehead atoms. The van der Waals surface area contributed by atoms with Crippen LogP contribution in [0, 0.1) is 12.7 Å². The zero-order chi connectivity index (χ0) is 14.1. The number of nitrogens with zero attached hydrogens (tertiary/aromatic N) is 1. The first-order valence-electron chi connectivity index (χ1n) is 6.38. The molecule has 20 heavy (non-hydrogen) atoms. The van der Waals surface area contributed by atoms with Crippen LogP contribution >= 0.6 is 0 Å². The van der Waals surface area contributed by atoms with E-state index in [0.717, 1.165) is 21.9 Å². The lowest BCUT2D eigenvalue weighted by molar-refractivity contribution is 0.416. The van der Waals surface area contributed by atoms with Gasteiger partial charge in [0.25, 0.3) is 0 Å². The van der Waals surface area contributed by atoms with Gasteiger partial charge in [0, 0.05) is 28.9 Å². The first-order chi connectivity index (χ1) is 9.70. The minimum absolute atomic E-state index is 0.259. The maximum Gasteiger partial charge on any atom is 0.131 e. The van der Waals surface area contributed by atoms with E-state index in [-0.39, 0.29) is 5.82 Å². The summed E-state index contributed by atoms with van der Waals surface area (Å²) in [6.45, 7) is 1.94. The molecule has 100 valence electrons. The second-order valence-corrected chi connectivity index (χ2v) is 4.72. The van der Waals surface area contributed by atoms with Crippen molar-refractivity contribution in [3.8, 4) is 16.9 Å². The van der Waals surface area contributed by atoms with Crippen LogP contribution in [0.2, 0.25) is 0 Å². The van der Waals surface area contributed by atoms with Crippen LogP contribution in [0.15, 0.2) is 48.8 Å². The molecule has 1 aromatic heterocycles. The van der Waals surface area contributed by atoms with Gasteiger partial charge in [0.15, 0.2) is 0 Å². The molecule has 0 unspecified atom stereocenters. The summed E-state index contributed by atoms with van der Waals surface area (Å²) in [7, 11) is 1.59. The highest BCUT2D eigenvalue weighted by Gasteiger charge is 2.14. The van der Waals surface area contributed by atoms with Gasteiger partial charge in [-0.3, -0.25) is 4.98 Å². The predicted octanol–water partition coefficient (Wildman–Crippen LogP) is 4.36. The monoisotopic (exact) mass is 267 g/mol. The van der Waals surface area contributed by atoms with Gasteiger partial charge < -0.3 is 4.74 Å². The molecule has 0 saturated heterocycles. The van der Waals surface area contributed by atoms with Gasteiger partial charge in [-0.05, 0) is 36.6 Å². The Morgan fingerprint density at radius 2 is 1.95 bits per heavy atom. The third-order valence-corrected chi connectivity index (χ3v) is 3.40. The van der Waals surface area contributed by atoms with Crippen molar-refractivity contribution in [3.63, 3.8) is 0 Å². The van der Waals surface area contributed by atoms with Gasteiger partial charge in [0.05, 0.1) is 7.11 Å². The van der Waals surface area contributed by atoms with E-state index < -0.39 is 0 Å². The molecule has 0 N–H and O–H groups in total. The number of benzene rings is 2. The third kappa shape index (κ3) is 2.01. The number of fused-ring (bicyclic) bond motifs is 1. The van der Waals surface area contributed by atoms with E-state index in [2.05, 4.69) is 4.98 Å². The molecular weight excluding hydrogens is 253 g/mol. The van der Waals surface area contributed by atoms with Gasteiger partial charge in [0.2, 0.25) is 0 Å². The maximum atomic E-state index is 14.2. The smallest absolute Gasteiger partial charge is 0.131 e. The zero-order valence-corrected chi connectivity index (χ0v) is 11.4. The number of aromatic nitrogens is 1. The van der Waals surface area contributed by atoms with Crippen molar-refractivity contribution in [3.05, 3.63) is 60.2 Å². The first kappa shape index (κ1) is 12.6. The van der Waals surface area contributed by atoms with Crippen molar-refractivity contribution in [1.82, 2.24) is 4.98 Å². The third-order valence-electron chi connectivity index (χ3n) is 3.40. The van der Waals surface area contributed by atoms with Gasteiger partial charge in [-0.1, -0.05) is 17.7 Å². The van der Waals surface area contributed by atoms with Gasteiger partial charge in [-0.15, -0.1) is 0 Å². The van der Waals surface area contributed by atoms with Crippen LogP contribution < -0.4 is 4.74 Å². The van der Waals surface area contributed by atoms with Crippen LogP contribution in [0.1, 0.15) is 5.56 Å². The number of aryl methyl sites for hydroxylation is 1. The predicted molar refractivity (Wildman–Crippen MR) is 78.4 cm³/mol. The number of hydrogen-bond donors (Lipinski definition) is 0. The Balaban J connectivity index is 2.41. The van der Waals surface area contributed by atoms with Crippen molar-refractivity contribution in [1.29, 1.82) is 0 Å². The maximum absolute atomic E-state index is 14.2. The molecule has 2 nitrogen and oxygen atoms in total. The van der Waals surface area contributed by atoms with Crippen molar-refractivity contribution in [2.24, 2.45) is 0 Å². The van der Waals surface area contributed by atoms with E-state index in [1.807, 2.05) is 31.2 Å². The molecule has 0 spiro atoms. The standard InChI is InChI=1S/C17H14FNO/c1-11-3-5-15(18)13(9-11)17-14-10-19-8-7-12(14)4-6-16(17)20-2/h3-10H,1-2H3. The second kappa shape index (κ2) is 4.93. The Bertz CT molecular complexity index is 783. The minimum Gasteiger partial charge on any atom is -0.496 e.